The third-order valence-electron chi connectivity index (χ3n) is 3.12. The Balaban J connectivity index is 1.82. The Morgan fingerprint density at radius 1 is 1.65 bits per heavy atom. The average molecular weight is 275 g/mol. The normalized spacial score (nSPS) is 22.1. The fourth-order valence-corrected chi connectivity index (χ4v) is 3.78. The molecule has 1 aromatic rings. The van der Waals surface area contributed by atoms with Crippen LogP contribution in [0.2, 0.25) is 0 Å². The van der Waals surface area contributed by atoms with E-state index in [-0.39, 0.29) is 5.25 Å². The maximum atomic E-state index is 11.6. The number of hydrogen-bond acceptors (Lipinski definition) is 5. The van der Waals surface area contributed by atoms with Crippen molar-refractivity contribution in [3.05, 3.63) is 17.1 Å². The van der Waals surface area contributed by atoms with Crippen LogP contribution in [0.25, 0.3) is 0 Å². The van der Waals surface area contributed by atoms with Crippen molar-refractivity contribution in [3.8, 4) is 0 Å². The quantitative estimate of drug-likeness (QED) is 0.840. The summed E-state index contributed by atoms with van der Waals surface area (Å²) in [5, 5.41) is -0.256. The van der Waals surface area contributed by atoms with E-state index in [1.165, 1.54) is 23.5 Å². The first kappa shape index (κ1) is 12.9. The van der Waals surface area contributed by atoms with Crippen molar-refractivity contribution in [2.75, 3.05) is 26.7 Å². The van der Waals surface area contributed by atoms with Gasteiger partial charge in [0.25, 0.3) is 0 Å². The molecule has 0 bridgehead atoms. The molecule has 0 spiro atoms. The fraction of sp³-hybridized carbons (Fsp3) is 0.700. The first-order valence-corrected chi connectivity index (χ1v) is 7.98. The molecule has 1 aliphatic heterocycles. The van der Waals surface area contributed by atoms with Gasteiger partial charge in [-0.2, -0.15) is 0 Å². The molecule has 0 radical (unpaired) electrons. The zero-order chi connectivity index (χ0) is 12.3. The molecule has 1 atom stereocenters. The van der Waals surface area contributed by atoms with Gasteiger partial charge in [0.05, 0.1) is 5.25 Å². The van der Waals surface area contributed by atoms with Gasteiger partial charge in [-0.3, -0.25) is 0 Å². The molecule has 1 N–H and O–H groups in total. The summed E-state index contributed by atoms with van der Waals surface area (Å²) >= 11 is 1.51. The van der Waals surface area contributed by atoms with Gasteiger partial charge in [0.2, 0.25) is 10.0 Å². The van der Waals surface area contributed by atoms with Gasteiger partial charge in [0.15, 0.2) is 0 Å². The second kappa shape index (κ2) is 5.43. The molecule has 96 valence electrons. The van der Waals surface area contributed by atoms with E-state index in [1.807, 2.05) is 6.07 Å². The molecule has 2 rings (SSSR count). The number of nitrogens with zero attached hydrogens (tertiary/aromatic N) is 2. The first-order valence-electron chi connectivity index (χ1n) is 5.66. The van der Waals surface area contributed by atoms with Crippen LogP contribution < -0.4 is 4.72 Å². The third kappa shape index (κ3) is 3.25. The van der Waals surface area contributed by atoms with E-state index >= 15 is 0 Å². The van der Waals surface area contributed by atoms with Crippen molar-refractivity contribution in [1.82, 2.24) is 14.0 Å². The maximum absolute atomic E-state index is 11.6. The van der Waals surface area contributed by atoms with Crippen LogP contribution in [-0.4, -0.2) is 49.6 Å². The van der Waals surface area contributed by atoms with E-state index in [4.69, 9.17) is 0 Å². The zero-order valence-electron chi connectivity index (χ0n) is 9.80. The van der Waals surface area contributed by atoms with Crippen LogP contribution in [0.3, 0.4) is 0 Å². The number of hydrogen-bond donors (Lipinski definition) is 1. The third-order valence-corrected chi connectivity index (χ3v) is 5.75. The molecule has 0 saturated carbocycles. The Labute approximate surface area is 106 Å². The molecule has 1 unspecified atom stereocenters. The molecule has 0 aromatic carbocycles. The fourth-order valence-electron chi connectivity index (χ4n) is 2.06. The highest BCUT2D eigenvalue weighted by Gasteiger charge is 2.31. The van der Waals surface area contributed by atoms with Crippen LogP contribution >= 0.6 is 11.5 Å². The Bertz CT molecular complexity index is 444. The van der Waals surface area contributed by atoms with Crippen LogP contribution in [0.1, 0.15) is 11.3 Å². The highest BCUT2D eigenvalue weighted by Crippen LogP contribution is 2.16. The highest BCUT2D eigenvalue weighted by atomic mass is 32.2. The lowest BCUT2D eigenvalue weighted by atomic mass is 10.3. The number of sulfonamides is 1. The second-order valence-corrected chi connectivity index (χ2v) is 7.27. The summed E-state index contributed by atoms with van der Waals surface area (Å²) in [5.41, 5.74) is 0. The minimum absolute atomic E-state index is 0.256. The van der Waals surface area contributed by atoms with Gasteiger partial charge in [-0.25, -0.2) is 17.5 Å². The van der Waals surface area contributed by atoms with Crippen LogP contribution in [0, 0.1) is 0 Å². The van der Waals surface area contributed by atoms with Crippen molar-refractivity contribution in [1.29, 1.82) is 0 Å². The largest absolute Gasteiger partial charge is 0.302 e. The van der Waals surface area contributed by atoms with E-state index in [2.05, 4.69) is 14.0 Å². The molecule has 2 heterocycles. The Morgan fingerprint density at radius 2 is 2.47 bits per heavy atom. The standard InChI is InChI=1S/C10H17N3O2S2/c1-11-17(14,15)10-4-7-13(8-10)6-3-9-2-5-12-16-9/h2,5,10-11H,3-4,6-8H2,1H3. The maximum Gasteiger partial charge on any atom is 0.215 e. The molecule has 7 heteroatoms. The Hall–Kier alpha value is -0.500. The van der Waals surface area contributed by atoms with Crippen LogP contribution in [0.15, 0.2) is 12.3 Å². The lowest BCUT2D eigenvalue weighted by Crippen LogP contribution is -2.34. The average Bonchev–Trinajstić information content (AvgIpc) is 2.97. The first-order chi connectivity index (χ1) is 8.12. The van der Waals surface area contributed by atoms with Gasteiger partial charge in [-0.05, 0) is 44.0 Å². The lowest BCUT2D eigenvalue weighted by molar-refractivity contribution is 0.344. The molecule has 1 saturated heterocycles. The predicted molar refractivity (Wildman–Crippen MR) is 68.6 cm³/mol. The van der Waals surface area contributed by atoms with E-state index in [1.54, 1.807) is 6.20 Å². The monoisotopic (exact) mass is 275 g/mol. The van der Waals surface area contributed by atoms with Gasteiger partial charge < -0.3 is 4.90 Å². The van der Waals surface area contributed by atoms with Crippen molar-refractivity contribution in [2.45, 2.75) is 18.1 Å². The van der Waals surface area contributed by atoms with E-state index in [0.717, 1.165) is 25.9 Å². The molecular weight excluding hydrogens is 258 g/mol. The van der Waals surface area contributed by atoms with E-state index < -0.39 is 10.0 Å². The van der Waals surface area contributed by atoms with E-state index in [9.17, 15) is 8.42 Å². The van der Waals surface area contributed by atoms with Gasteiger partial charge >= 0.3 is 0 Å². The summed E-state index contributed by atoms with van der Waals surface area (Å²) in [6.07, 6.45) is 3.49. The summed E-state index contributed by atoms with van der Waals surface area (Å²) in [5.74, 6) is 0. The van der Waals surface area contributed by atoms with Gasteiger partial charge in [-0.1, -0.05) is 0 Å². The van der Waals surface area contributed by atoms with E-state index in [0.29, 0.717) is 6.54 Å². The van der Waals surface area contributed by atoms with Gasteiger partial charge in [0, 0.05) is 24.2 Å². The molecule has 5 nitrogen and oxygen atoms in total. The van der Waals surface area contributed by atoms with Crippen LogP contribution in [0.5, 0.6) is 0 Å². The number of aromatic nitrogens is 1. The molecule has 1 fully saturated rings. The zero-order valence-corrected chi connectivity index (χ0v) is 11.4. The van der Waals surface area contributed by atoms with Gasteiger partial charge in [0.1, 0.15) is 0 Å². The van der Waals surface area contributed by atoms with Crippen molar-refractivity contribution in [3.63, 3.8) is 0 Å². The van der Waals surface area contributed by atoms with Crippen LogP contribution in [0.4, 0.5) is 0 Å². The Kier molecular flexibility index (Phi) is 4.13. The SMILES string of the molecule is CNS(=O)(=O)C1CCN(CCc2ccns2)C1. The number of nitrogens with one attached hydrogen (secondary N) is 1. The summed E-state index contributed by atoms with van der Waals surface area (Å²) in [7, 11) is -1.62. The highest BCUT2D eigenvalue weighted by molar-refractivity contribution is 7.90. The molecule has 1 aromatic heterocycles. The summed E-state index contributed by atoms with van der Waals surface area (Å²) in [4.78, 5) is 3.46. The predicted octanol–water partition coefficient (Wildman–Crippen LogP) is 0.309. The summed E-state index contributed by atoms with van der Waals surface area (Å²) in [6.45, 7) is 2.42. The lowest BCUT2D eigenvalue weighted by Gasteiger charge is -2.15. The molecule has 0 aliphatic carbocycles. The minimum Gasteiger partial charge on any atom is -0.302 e. The number of rotatable bonds is 5. The summed E-state index contributed by atoms with van der Waals surface area (Å²) < 4.78 is 29.7. The molecule has 1 aliphatic rings. The molecular formula is C10H17N3O2S2. The Morgan fingerprint density at radius 3 is 3.12 bits per heavy atom. The molecule has 17 heavy (non-hydrogen) atoms. The van der Waals surface area contributed by atoms with Crippen molar-refractivity contribution >= 4 is 21.6 Å². The topological polar surface area (TPSA) is 62.3 Å². The smallest absolute Gasteiger partial charge is 0.215 e. The second-order valence-electron chi connectivity index (χ2n) is 4.19. The number of likely N-dealkylation sites (tertiary alicyclic amines) is 1. The summed E-state index contributed by atoms with van der Waals surface area (Å²) in [6, 6.07) is 2.02. The molecule has 0 amide bonds. The van der Waals surface area contributed by atoms with Crippen molar-refractivity contribution in [2.24, 2.45) is 0 Å². The minimum atomic E-state index is -3.10. The van der Waals surface area contributed by atoms with Crippen molar-refractivity contribution < 1.29 is 8.42 Å². The van der Waals surface area contributed by atoms with Crippen LogP contribution in [-0.2, 0) is 16.4 Å². The van der Waals surface area contributed by atoms with Gasteiger partial charge in [-0.15, -0.1) is 0 Å².